The molecule has 0 aliphatic carbocycles. The third-order valence-corrected chi connectivity index (χ3v) is 4.22. The van der Waals surface area contributed by atoms with Gasteiger partial charge >= 0.3 is 5.97 Å². The average molecular weight is 372 g/mol. The molecule has 0 aliphatic rings. The largest absolute Gasteiger partial charge is 0.469 e. The second-order valence-corrected chi connectivity index (χ2v) is 6.42. The summed E-state index contributed by atoms with van der Waals surface area (Å²) in [7, 11) is 1.39. The number of carbonyl (C=O) groups is 1. The summed E-state index contributed by atoms with van der Waals surface area (Å²) in [5.74, 6) is -0.307. The second-order valence-electron chi connectivity index (χ2n) is 6.42. The summed E-state index contributed by atoms with van der Waals surface area (Å²) in [4.78, 5) is 11.6. The lowest BCUT2D eigenvalue weighted by Crippen LogP contribution is -2.30. The zero-order valence-corrected chi connectivity index (χ0v) is 16.0. The van der Waals surface area contributed by atoms with Crippen molar-refractivity contribution in [2.24, 2.45) is 5.92 Å². The van der Waals surface area contributed by atoms with Gasteiger partial charge in [0.05, 0.1) is 39.5 Å². The fourth-order valence-electron chi connectivity index (χ4n) is 2.59. The topological polar surface area (TPSA) is 54.0 Å². The van der Waals surface area contributed by atoms with Crippen LogP contribution in [0.1, 0.15) is 24.5 Å². The SMILES string of the molecule is COC(=O)C[C@H](C)[C@@H](COCc1ccccc1)OCOCc1ccccc1. The molecule has 0 aliphatic heterocycles. The summed E-state index contributed by atoms with van der Waals surface area (Å²) in [6, 6.07) is 19.9. The van der Waals surface area contributed by atoms with Gasteiger partial charge in [-0.25, -0.2) is 0 Å². The Kier molecular flexibility index (Phi) is 9.55. The molecule has 0 spiro atoms. The van der Waals surface area contributed by atoms with Crippen LogP contribution in [-0.4, -0.2) is 32.6 Å². The van der Waals surface area contributed by atoms with E-state index in [4.69, 9.17) is 18.9 Å². The van der Waals surface area contributed by atoms with E-state index < -0.39 is 0 Å². The minimum atomic E-state index is -0.261. The first-order chi connectivity index (χ1) is 13.2. The minimum Gasteiger partial charge on any atom is -0.469 e. The molecule has 2 atom stereocenters. The summed E-state index contributed by atoms with van der Waals surface area (Å²) in [6.45, 7) is 3.44. The molecule has 0 amide bonds. The van der Waals surface area contributed by atoms with Crippen LogP contribution in [0.25, 0.3) is 0 Å². The molecule has 0 bridgehead atoms. The van der Waals surface area contributed by atoms with Crippen LogP contribution in [0.15, 0.2) is 60.7 Å². The van der Waals surface area contributed by atoms with Crippen molar-refractivity contribution < 1.29 is 23.7 Å². The van der Waals surface area contributed by atoms with Crippen molar-refractivity contribution in [3.8, 4) is 0 Å². The maximum Gasteiger partial charge on any atom is 0.305 e. The number of hydrogen-bond acceptors (Lipinski definition) is 5. The third-order valence-electron chi connectivity index (χ3n) is 4.22. The molecule has 0 radical (unpaired) electrons. The van der Waals surface area contributed by atoms with E-state index >= 15 is 0 Å². The molecule has 27 heavy (non-hydrogen) atoms. The van der Waals surface area contributed by atoms with E-state index in [0.29, 0.717) is 19.8 Å². The Morgan fingerprint density at radius 2 is 1.44 bits per heavy atom. The van der Waals surface area contributed by atoms with Crippen molar-refractivity contribution >= 4 is 5.97 Å². The Hall–Kier alpha value is -2.21. The normalized spacial score (nSPS) is 13.1. The predicted molar refractivity (Wildman–Crippen MR) is 103 cm³/mol. The molecule has 2 aromatic carbocycles. The van der Waals surface area contributed by atoms with Gasteiger partial charge in [0.25, 0.3) is 0 Å². The van der Waals surface area contributed by atoms with Crippen molar-refractivity contribution in [2.75, 3.05) is 20.5 Å². The van der Waals surface area contributed by atoms with Gasteiger partial charge in [0.1, 0.15) is 6.79 Å². The highest BCUT2D eigenvalue weighted by Crippen LogP contribution is 2.15. The number of esters is 1. The minimum absolute atomic E-state index is 0.0476. The van der Waals surface area contributed by atoms with Crippen molar-refractivity contribution in [3.05, 3.63) is 71.8 Å². The number of hydrogen-bond donors (Lipinski definition) is 0. The average Bonchev–Trinajstić information content (AvgIpc) is 2.71. The van der Waals surface area contributed by atoms with Gasteiger partial charge in [0, 0.05) is 0 Å². The Labute approximate surface area is 161 Å². The van der Waals surface area contributed by atoms with Crippen molar-refractivity contribution in [1.82, 2.24) is 0 Å². The number of rotatable bonds is 12. The van der Waals surface area contributed by atoms with Gasteiger partial charge in [0.15, 0.2) is 0 Å². The van der Waals surface area contributed by atoms with E-state index in [1.165, 1.54) is 7.11 Å². The standard InChI is InChI=1S/C22H28O5/c1-18(13-22(23)24-2)21(16-25-14-19-9-5-3-6-10-19)27-17-26-15-20-11-7-4-8-12-20/h3-12,18,21H,13-17H2,1-2H3/t18-,21+/m0/s1. The van der Waals surface area contributed by atoms with Crippen LogP contribution in [0.5, 0.6) is 0 Å². The van der Waals surface area contributed by atoms with Crippen LogP contribution >= 0.6 is 0 Å². The smallest absolute Gasteiger partial charge is 0.305 e. The lowest BCUT2D eigenvalue weighted by molar-refractivity contribution is -0.150. The maximum atomic E-state index is 11.6. The van der Waals surface area contributed by atoms with E-state index in [9.17, 15) is 4.79 Å². The van der Waals surface area contributed by atoms with Gasteiger partial charge in [-0.1, -0.05) is 67.6 Å². The highest BCUT2D eigenvalue weighted by atomic mass is 16.7. The van der Waals surface area contributed by atoms with Gasteiger partial charge in [-0.05, 0) is 17.0 Å². The Balaban J connectivity index is 1.79. The van der Waals surface area contributed by atoms with E-state index in [1.807, 2.05) is 67.6 Å². The van der Waals surface area contributed by atoms with Gasteiger partial charge < -0.3 is 18.9 Å². The van der Waals surface area contributed by atoms with Crippen molar-refractivity contribution in [2.45, 2.75) is 32.7 Å². The molecule has 0 aromatic heterocycles. The molecule has 0 saturated carbocycles. The monoisotopic (exact) mass is 372 g/mol. The van der Waals surface area contributed by atoms with Crippen molar-refractivity contribution in [3.63, 3.8) is 0 Å². The van der Waals surface area contributed by atoms with Crippen LogP contribution in [0.2, 0.25) is 0 Å². The van der Waals surface area contributed by atoms with Gasteiger partial charge in [-0.15, -0.1) is 0 Å². The zero-order valence-electron chi connectivity index (χ0n) is 16.0. The molecule has 5 heteroatoms. The van der Waals surface area contributed by atoms with E-state index in [2.05, 4.69) is 0 Å². The predicted octanol–water partition coefficient (Wildman–Crippen LogP) is 3.96. The summed E-state index contributed by atoms with van der Waals surface area (Å²) in [5.41, 5.74) is 2.18. The highest BCUT2D eigenvalue weighted by molar-refractivity contribution is 5.69. The molecule has 2 aromatic rings. The van der Waals surface area contributed by atoms with Gasteiger partial charge in [0.2, 0.25) is 0 Å². The van der Waals surface area contributed by atoms with E-state index in [1.54, 1.807) is 0 Å². The van der Waals surface area contributed by atoms with Gasteiger partial charge in [-0.2, -0.15) is 0 Å². The summed E-state index contributed by atoms with van der Waals surface area (Å²) in [6.07, 6.45) is 0.0118. The molecule has 0 heterocycles. The summed E-state index contributed by atoms with van der Waals surface area (Å²) >= 11 is 0. The molecule has 0 N–H and O–H groups in total. The second kappa shape index (κ2) is 12.2. The van der Waals surface area contributed by atoms with Crippen LogP contribution in [0.3, 0.4) is 0 Å². The maximum absolute atomic E-state index is 11.6. The van der Waals surface area contributed by atoms with Crippen LogP contribution in [-0.2, 0) is 37.0 Å². The highest BCUT2D eigenvalue weighted by Gasteiger charge is 2.22. The molecular weight excluding hydrogens is 344 g/mol. The molecule has 146 valence electrons. The fraction of sp³-hybridized carbons (Fsp3) is 0.409. The van der Waals surface area contributed by atoms with Crippen LogP contribution < -0.4 is 0 Å². The number of methoxy groups -OCH3 is 1. The van der Waals surface area contributed by atoms with Crippen molar-refractivity contribution in [1.29, 1.82) is 0 Å². The number of ether oxygens (including phenoxy) is 4. The molecule has 0 fully saturated rings. The lowest BCUT2D eigenvalue weighted by Gasteiger charge is -2.23. The Bertz CT molecular complexity index is 644. The van der Waals surface area contributed by atoms with Crippen LogP contribution in [0, 0.1) is 5.92 Å². The molecular formula is C22H28O5. The summed E-state index contributed by atoms with van der Waals surface area (Å²) in [5, 5.41) is 0. The Morgan fingerprint density at radius 1 is 0.889 bits per heavy atom. The first kappa shape index (κ1) is 21.1. The first-order valence-electron chi connectivity index (χ1n) is 9.10. The lowest BCUT2D eigenvalue weighted by atomic mass is 10.0. The van der Waals surface area contributed by atoms with E-state index in [0.717, 1.165) is 11.1 Å². The summed E-state index contributed by atoms with van der Waals surface area (Å²) < 4.78 is 22.0. The number of benzene rings is 2. The fourth-order valence-corrected chi connectivity index (χ4v) is 2.59. The van der Waals surface area contributed by atoms with E-state index in [-0.39, 0.29) is 31.2 Å². The quantitative estimate of drug-likeness (QED) is 0.321. The number of carbonyl (C=O) groups excluding carboxylic acids is 1. The molecule has 0 unspecified atom stereocenters. The zero-order chi connectivity index (χ0) is 19.3. The molecule has 2 rings (SSSR count). The Morgan fingerprint density at radius 3 is 2.00 bits per heavy atom. The molecule has 5 nitrogen and oxygen atoms in total. The van der Waals surface area contributed by atoms with Gasteiger partial charge in [-0.3, -0.25) is 4.79 Å². The third kappa shape index (κ3) is 8.35. The van der Waals surface area contributed by atoms with Crippen LogP contribution in [0.4, 0.5) is 0 Å². The molecule has 0 saturated heterocycles. The first-order valence-corrected chi connectivity index (χ1v) is 9.10.